The average molecular weight is 735 g/mol. The highest BCUT2D eigenvalue weighted by Crippen LogP contribution is 2.33. The Bertz CT molecular complexity index is 1440. The number of benzene rings is 2. The lowest BCUT2D eigenvalue weighted by Crippen LogP contribution is -2.15. The van der Waals surface area contributed by atoms with Gasteiger partial charge in [0.15, 0.2) is 0 Å². The fourth-order valence-corrected chi connectivity index (χ4v) is 7.78. The summed E-state index contributed by atoms with van der Waals surface area (Å²) in [5, 5.41) is 3.98. The number of hydrogen-bond acceptors (Lipinski definition) is 3. The van der Waals surface area contributed by atoms with Crippen LogP contribution in [0.3, 0.4) is 0 Å². The molecular weight excluding hydrogens is 655 g/mol. The van der Waals surface area contributed by atoms with Crippen LogP contribution in [0.1, 0.15) is 216 Å². The normalized spacial score (nSPS) is 11.9. The van der Waals surface area contributed by atoms with Gasteiger partial charge in [-0.15, -0.1) is 0 Å². The molecule has 0 unspecified atom stereocenters. The summed E-state index contributed by atoms with van der Waals surface area (Å²) >= 11 is 0. The van der Waals surface area contributed by atoms with E-state index in [0.29, 0.717) is 0 Å². The number of aromatic nitrogens is 1. The van der Waals surface area contributed by atoms with Crippen LogP contribution in [0.5, 0.6) is 0 Å². The van der Waals surface area contributed by atoms with Gasteiger partial charge in [-0.3, -0.25) is 4.99 Å². The van der Waals surface area contributed by atoms with Gasteiger partial charge in [-0.2, -0.15) is 0 Å². The number of aliphatic imine (C=N–C) groups is 1. The summed E-state index contributed by atoms with van der Waals surface area (Å²) in [5.74, 6) is 0. The Morgan fingerprint density at radius 2 is 0.852 bits per heavy atom. The minimum atomic E-state index is 0.970. The molecule has 0 spiro atoms. The summed E-state index contributed by atoms with van der Waals surface area (Å²) in [6.45, 7) is 18.2. The third-order valence-corrected chi connectivity index (χ3v) is 11.1. The van der Waals surface area contributed by atoms with Crippen LogP contribution in [-0.2, 0) is 38.5 Å². The van der Waals surface area contributed by atoms with E-state index in [4.69, 9.17) is 9.98 Å². The Morgan fingerprint density at radius 3 is 1.28 bits per heavy atom. The third kappa shape index (κ3) is 15.7. The average Bonchev–Trinajstić information content (AvgIpc) is 3.17. The van der Waals surface area contributed by atoms with E-state index < -0.39 is 0 Å². The lowest BCUT2D eigenvalue weighted by atomic mass is 9.92. The van der Waals surface area contributed by atoms with Crippen molar-refractivity contribution in [1.29, 1.82) is 0 Å². The molecule has 1 aromatic heterocycles. The van der Waals surface area contributed by atoms with Crippen molar-refractivity contribution in [2.45, 2.75) is 209 Å². The number of aryl methyl sites for hydroxylation is 6. The van der Waals surface area contributed by atoms with E-state index in [2.05, 4.69) is 103 Å². The van der Waals surface area contributed by atoms with E-state index in [1.54, 1.807) is 0 Å². The van der Waals surface area contributed by atoms with Crippen molar-refractivity contribution < 1.29 is 0 Å². The summed E-state index contributed by atoms with van der Waals surface area (Å²) in [4.78, 5) is 10.8. The van der Waals surface area contributed by atoms with E-state index >= 15 is 0 Å². The summed E-state index contributed by atoms with van der Waals surface area (Å²) in [7, 11) is 0. The van der Waals surface area contributed by atoms with Crippen LogP contribution in [0.15, 0.2) is 47.5 Å². The summed E-state index contributed by atoms with van der Waals surface area (Å²) in [5.41, 5.74) is 14.4. The molecule has 299 valence electrons. The smallest absolute Gasteiger partial charge is 0.105 e. The van der Waals surface area contributed by atoms with Crippen LogP contribution in [0.4, 0.5) is 11.4 Å². The van der Waals surface area contributed by atoms with Gasteiger partial charge >= 0.3 is 0 Å². The maximum atomic E-state index is 5.49. The van der Waals surface area contributed by atoms with Crippen molar-refractivity contribution in [2.24, 2.45) is 4.99 Å². The van der Waals surface area contributed by atoms with Gasteiger partial charge in [0.25, 0.3) is 0 Å². The van der Waals surface area contributed by atoms with Gasteiger partial charge < -0.3 is 5.32 Å². The number of pyridine rings is 1. The largest absolute Gasteiger partial charge is 0.371 e. The molecule has 0 amide bonds. The van der Waals surface area contributed by atoms with Gasteiger partial charge in [-0.25, -0.2) is 4.98 Å². The molecular formula is C51H80N3. The van der Waals surface area contributed by atoms with Crippen molar-refractivity contribution in [3.63, 3.8) is 0 Å². The molecule has 1 heterocycles. The Balaban J connectivity index is 2.01. The third-order valence-electron chi connectivity index (χ3n) is 11.1. The lowest BCUT2D eigenvalue weighted by Gasteiger charge is -2.23. The Morgan fingerprint density at radius 1 is 0.481 bits per heavy atom. The summed E-state index contributed by atoms with van der Waals surface area (Å²) in [6.07, 6.45) is 29.5. The van der Waals surface area contributed by atoms with E-state index in [9.17, 15) is 0 Å². The maximum Gasteiger partial charge on any atom is 0.105 e. The summed E-state index contributed by atoms with van der Waals surface area (Å²) in [6, 6.07) is 17.7. The molecule has 3 nitrogen and oxygen atoms in total. The zero-order valence-electron chi connectivity index (χ0n) is 36.4. The van der Waals surface area contributed by atoms with Crippen LogP contribution in [0.25, 0.3) is 0 Å². The number of hydrogen-bond donors (Lipinski definition) is 1. The van der Waals surface area contributed by atoms with Crippen LogP contribution >= 0.6 is 0 Å². The number of unbranched alkanes of at least 4 members (excludes halogenated alkanes) is 12. The van der Waals surface area contributed by atoms with Crippen LogP contribution < -0.4 is 5.32 Å². The molecule has 0 fully saturated rings. The molecule has 3 heteroatoms. The van der Waals surface area contributed by atoms with Gasteiger partial charge in [-0.1, -0.05) is 149 Å². The van der Waals surface area contributed by atoms with E-state index in [0.717, 1.165) is 48.8 Å². The highest BCUT2D eigenvalue weighted by Gasteiger charge is 2.18. The Kier molecular flexibility index (Phi) is 22.6. The standard InChI is InChI=1S/C51H80N3/c1-9-15-21-28-42-36-44(30-23-17-11-3)50(45(37-42)31-24-18-12-4)52-40(7)48-34-27-35-49(54-48)41(8)53-51-46(32-25-19-13-5)38-43(29-22-16-10-2)39-47(51)33-26-20-14-6/h27,34-39,52H,9-26,28-33H2,1-8H3. The SMILES string of the molecule is CCCCCc1cc(CCCCC)c(N=C(C)c2cccc([C](C)Nc3c(CCCCC)cc(CCCCC)cc3CCCCC)n2)c(CCCCC)c1. The van der Waals surface area contributed by atoms with Gasteiger partial charge in [0.1, 0.15) is 6.04 Å². The topological polar surface area (TPSA) is 37.3 Å². The summed E-state index contributed by atoms with van der Waals surface area (Å²) < 4.78 is 0. The molecule has 54 heavy (non-hydrogen) atoms. The molecule has 2 aromatic carbocycles. The van der Waals surface area contributed by atoms with Crippen LogP contribution in [0, 0.1) is 6.04 Å². The molecule has 0 atom stereocenters. The molecule has 1 radical (unpaired) electrons. The monoisotopic (exact) mass is 735 g/mol. The molecule has 0 aliphatic carbocycles. The van der Waals surface area contributed by atoms with Crippen molar-refractivity contribution >= 4 is 17.1 Å². The van der Waals surface area contributed by atoms with Crippen molar-refractivity contribution in [3.05, 3.63) is 93.3 Å². The fourth-order valence-electron chi connectivity index (χ4n) is 7.78. The Hall–Kier alpha value is -2.94. The highest BCUT2D eigenvalue weighted by atomic mass is 15.0. The predicted molar refractivity (Wildman–Crippen MR) is 240 cm³/mol. The van der Waals surface area contributed by atoms with Crippen LogP contribution in [-0.4, -0.2) is 10.7 Å². The van der Waals surface area contributed by atoms with Gasteiger partial charge in [0.2, 0.25) is 0 Å². The van der Waals surface area contributed by atoms with Crippen molar-refractivity contribution in [1.82, 2.24) is 4.98 Å². The van der Waals surface area contributed by atoms with E-state index in [-0.39, 0.29) is 0 Å². The molecule has 0 saturated carbocycles. The maximum absolute atomic E-state index is 5.49. The molecule has 0 aliphatic rings. The van der Waals surface area contributed by atoms with E-state index in [1.807, 2.05) is 0 Å². The molecule has 0 bridgehead atoms. The van der Waals surface area contributed by atoms with Gasteiger partial charge in [-0.05, 0) is 136 Å². The highest BCUT2D eigenvalue weighted by molar-refractivity contribution is 5.99. The molecule has 1 N–H and O–H groups in total. The van der Waals surface area contributed by atoms with Gasteiger partial charge in [0.05, 0.1) is 22.8 Å². The molecule has 3 aromatic rings. The minimum absolute atomic E-state index is 0.970. The first kappa shape index (κ1) is 45.4. The quantitative estimate of drug-likeness (QED) is 0.0569. The second-order valence-corrected chi connectivity index (χ2v) is 16.1. The fraction of sp³-hybridized carbons (Fsp3) is 0.627. The number of nitrogens with zero attached hydrogens (tertiary/aromatic N) is 2. The zero-order valence-corrected chi connectivity index (χ0v) is 36.4. The minimum Gasteiger partial charge on any atom is -0.371 e. The lowest BCUT2D eigenvalue weighted by molar-refractivity contribution is 0.700. The number of anilines is 1. The van der Waals surface area contributed by atoms with Gasteiger partial charge in [0, 0.05) is 5.69 Å². The first-order chi connectivity index (χ1) is 26.4. The van der Waals surface area contributed by atoms with E-state index in [1.165, 1.54) is 173 Å². The first-order valence-electron chi connectivity index (χ1n) is 22.8. The number of rotatable bonds is 29. The second kappa shape index (κ2) is 26.8. The first-order valence-corrected chi connectivity index (χ1v) is 22.8. The molecule has 0 saturated heterocycles. The molecule has 3 rings (SSSR count). The van der Waals surface area contributed by atoms with Crippen molar-refractivity contribution in [3.8, 4) is 0 Å². The van der Waals surface area contributed by atoms with Crippen molar-refractivity contribution in [2.75, 3.05) is 5.32 Å². The second-order valence-electron chi connectivity index (χ2n) is 16.1. The number of nitrogens with one attached hydrogen (secondary N) is 1. The van der Waals surface area contributed by atoms with Crippen LogP contribution in [0.2, 0.25) is 0 Å². The predicted octanol–water partition coefficient (Wildman–Crippen LogP) is 15.6. The Labute approximate surface area is 334 Å². The zero-order chi connectivity index (χ0) is 39.0. The molecule has 0 aliphatic heterocycles.